The number of aromatic hydroxyl groups is 1. The second-order valence-corrected chi connectivity index (χ2v) is 12.7. The Hall–Kier alpha value is -3.97. The van der Waals surface area contributed by atoms with Gasteiger partial charge in [0.05, 0.1) is 25.3 Å². The predicted octanol–water partition coefficient (Wildman–Crippen LogP) is 3.96. The molecule has 4 aromatic rings. The minimum Gasteiger partial charge on any atom is -0.508 e. The molecule has 2 aromatic carbocycles. The molecule has 2 aromatic heterocycles. The average Bonchev–Trinajstić information content (AvgIpc) is 3.72. The Morgan fingerprint density at radius 1 is 1.09 bits per heavy atom. The first-order valence-corrected chi connectivity index (χ1v) is 15.4. The van der Waals surface area contributed by atoms with Gasteiger partial charge < -0.3 is 24.8 Å². The highest BCUT2D eigenvalue weighted by Gasteiger charge is 2.45. The van der Waals surface area contributed by atoms with Gasteiger partial charge in [0.2, 0.25) is 0 Å². The van der Waals surface area contributed by atoms with E-state index in [0.717, 1.165) is 103 Å². The van der Waals surface area contributed by atoms with E-state index in [1.165, 1.54) is 12.8 Å². The highest BCUT2D eigenvalue weighted by atomic mass is 16.5. The van der Waals surface area contributed by atoms with Crippen LogP contribution >= 0.6 is 0 Å². The van der Waals surface area contributed by atoms with Gasteiger partial charge >= 0.3 is 6.01 Å². The minimum absolute atomic E-state index is 0.149. The Balaban J connectivity index is 1.18. The van der Waals surface area contributed by atoms with E-state index in [2.05, 4.69) is 21.0 Å². The van der Waals surface area contributed by atoms with Crippen molar-refractivity contribution in [2.45, 2.75) is 37.8 Å². The molecule has 3 saturated heterocycles. The van der Waals surface area contributed by atoms with Gasteiger partial charge in [0.1, 0.15) is 11.3 Å². The van der Waals surface area contributed by atoms with Crippen LogP contribution in [0.5, 0.6) is 11.8 Å². The summed E-state index contributed by atoms with van der Waals surface area (Å²) in [5.74, 6) is 3.81. The van der Waals surface area contributed by atoms with Crippen LogP contribution in [0.3, 0.4) is 0 Å². The number of nitrogens with one attached hydrogen (secondary N) is 1. The standard InChI is InChI=1S/C34H36N6O3/c1-2-22-4-3-5-23-14-27(41)16-28(30(22)23)24-15-29-31(35-17-24)32(40-18-25-6-7-26(19-40)36-25)38-33(37-29)43-21-34(8-9-34)20-39-10-12-42-13-11-39/h1,3-5,14-17,25-26,36,41H,6-13,18-21H2. The molecule has 2 N–H and O–H groups in total. The van der Waals surface area contributed by atoms with E-state index in [-0.39, 0.29) is 11.2 Å². The van der Waals surface area contributed by atoms with Crippen LogP contribution < -0.4 is 15.0 Å². The van der Waals surface area contributed by atoms with Crippen molar-refractivity contribution in [3.8, 4) is 35.2 Å². The van der Waals surface area contributed by atoms with Gasteiger partial charge in [-0.1, -0.05) is 18.1 Å². The number of phenols is 1. The van der Waals surface area contributed by atoms with E-state index < -0.39 is 0 Å². The maximum Gasteiger partial charge on any atom is 0.319 e. The number of benzene rings is 2. The summed E-state index contributed by atoms with van der Waals surface area (Å²) in [4.78, 5) is 19.7. The number of hydrogen-bond acceptors (Lipinski definition) is 9. The Bertz CT molecular complexity index is 1730. The van der Waals surface area contributed by atoms with Gasteiger partial charge in [-0.15, -0.1) is 6.42 Å². The van der Waals surface area contributed by atoms with Crippen molar-refractivity contribution in [3.05, 3.63) is 48.2 Å². The molecule has 1 aliphatic carbocycles. The van der Waals surface area contributed by atoms with Crippen LogP contribution in [0, 0.1) is 17.8 Å². The Kier molecular flexibility index (Phi) is 6.59. The second kappa shape index (κ2) is 10.6. The van der Waals surface area contributed by atoms with E-state index in [0.29, 0.717) is 24.7 Å². The van der Waals surface area contributed by atoms with Gasteiger partial charge in [-0.05, 0) is 60.9 Å². The number of anilines is 1. The summed E-state index contributed by atoms with van der Waals surface area (Å²) in [6.45, 7) is 6.93. The quantitative estimate of drug-likeness (QED) is 0.317. The first-order valence-electron chi connectivity index (χ1n) is 15.4. The van der Waals surface area contributed by atoms with E-state index in [9.17, 15) is 5.11 Å². The first-order chi connectivity index (χ1) is 21.1. The van der Waals surface area contributed by atoms with Crippen molar-refractivity contribution in [2.75, 3.05) is 57.4 Å². The Morgan fingerprint density at radius 3 is 2.67 bits per heavy atom. The molecular weight excluding hydrogens is 540 g/mol. The SMILES string of the molecule is C#Cc1cccc2cc(O)cc(-c3cnc4c(N5CC6CCC(C5)N6)nc(OCC5(CN6CCOCC6)CC5)nc4c3)c12. The number of piperazine rings is 1. The van der Waals surface area contributed by atoms with Crippen LogP contribution in [0.25, 0.3) is 32.9 Å². The third-order valence-corrected chi connectivity index (χ3v) is 9.57. The van der Waals surface area contributed by atoms with Gasteiger partial charge in [0.15, 0.2) is 5.82 Å². The van der Waals surface area contributed by atoms with Crippen LogP contribution in [0.1, 0.15) is 31.2 Å². The molecule has 0 radical (unpaired) electrons. The minimum atomic E-state index is 0.149. The largest absolute Gasteiger partial charge is 0.508 e. The average molecular weight is 577 g/mol. The third kappa shape index (κ3) is 5.14. The zero-order valence-electron chi connectivity index (χ0n) is 24.3. The fourth-order valence-corrected chi connectivity index (χ4v) is 7.12. The fourth-order valence-electron chi connectivity index (χ4n) is 7.12. The molecule has 8 rings (SSSR count). The summed E-state index contributed by atoms with van der Waals surface area (Å²) >= 11 is 0. The normalized spacial score (nSPS) is 23.0. The lowest BCUT2D eigenvalue weighted by molar-refractivity contribution is 0.0231. The Morgan fingerprint density at radius 2 is 1.91 bits per heavy atom. The third-order valence-electron chi connectivity index (χ3n) is 9.57. The molecule has 2 unspecified atom stereocenters. The van der Waals surface area contributed by atoms with E-state index in [4.69, 9.17) is 30.8 Å². The van der Waals surface area contributed by atoms with Crippen molar-refractivity contribution < 1.29 is 14.6 Å². The molecule has 1 saturated carbocycles. The van der Waals surface area contributed by atoms with Gasteiger partial charge in [-0.25, -0.2) is 0 Å². The van der Waals surface area contributed by atoms with Crippen LogP contribution in [-0.2, 0) is 4.74 Å². The summed E-state index contributed by atoms with van der Waals surface area (Å²) in [6, 6.07) is 12.6. The predicted molar refractivity (Wildman–Crippen MR) is 166 cm³/mol. The fraction of sp³-hybridized carbons (Fsp3) is 0.441. The molecule has 9 heteroatoms. The lowest BCUT2D eigenvalue weighted by Gasteiger charge is -2.34. The summed E-state index contributed by atoms with van der Waals surface area (Å²) in [6.07, 6.45) is 12.4. The number of pyridine rings is 1. The van der Waals surface area contributed by atoms with E-state index in [1.807, 2.05) is 30.5 Å². The number of aromatic nitrogens is 3. The van der Waals surface area contributed by atoms with Crippen LogP contribution in [0.4, 0.5) is 5.82 Å². The number of morpholine rings is 1. The molecule has 4 fully saturated rings. The number of phenolic OH excluding ortho intramolecular Hbond substituents is 1. The highest BCUT2D eigenvalue weighted by Crippen LogP contribution is 2.47. The second-order valence-electron chi connectivity index (χ2n) is 12.7. The smallest absolute Gasteiger partial charge is 0.319 e. The number of rotatable bonds is 7. The maximum absolute atomic E-state index is 10.6. The summed E-state index contributed by atoms with van der Waals surface area (Å²) < 4.78 is 12.0. The molecule has 2 bridgehead atoms. The molecule has 43 heavy (non-hydrogen) atoms. The maximum atomic E-state index is 10.6. The number of terminal acetylenes is 1. The molecule has 0 amide bonds. The zero-order valence-corrected chi connectivity index (χ0v) is 24.3. The van der Waals surface area contributed by atoms with Gasteiger partial charge in [-0.3, -0.25) is 9.88 Å². The zero-order chi connectivity index (χ0) is 29.0. The molecular formula is C34H36N6O3. The number of nitrogens with zero attached hydrogens (tertiary/aromatic N) is 5. The van der Waals surface area contributed by atoms with E-state index in [1.54, 1.807) is 12.1 Å². The molecule has 0 spiro atoms. The Labute approximate surface area is 251 Å². The molecule has 5 heterocycles. The highest BCUT2D eigenvalue weighted by molar-refractivity contribution is 6.02. The summed E-state index contributed by atoms with van der Waals surface area (Å²) in [5, 5.41) is 16.1. The van der Waals surface area contributed by atoms with Gasteiger partial charge in [0, 0.05) is 72.9 Å². The number of fused-ring (bicyclic) bond motifs is 4. The molecule has 4 aliphatic rings. The van der Waals surface area contributed by atoms with Crippen molar-refractivity contribution in [1.29, 1.82) is 0 Å². The molecule has 2 atom stereocenters. The summed E-state index contributed by atoms with van der Waals surface area (Å²) in [7, 11) is 0. The molecule has 220 valence electrons. The number of hydrogen-bond donors (Lipinski definition) is 2. The topological polar surface area (TPSA) is 95.9 Å². The van der Waals surface area contributed by atoms with Crippen LogP contribution in [0.2, 0.25) is 0 Å². The number of ether oxygens (including phenoxy) is 2. The van der Waals surface area contributed by atoms with Gasteiger partial charge in [0.25, 0.3) is 0 Å². The van der Waals surface area contributed by atoms with E-state index >= 15 is 0 Å². The van der Waals surface area contributed by atoms with Crippen LogP contribution in [-0.4, -0.2) is 89.6 Å². The molecule has 9 nitrogen and oxygen atoms in total. The van der Waals surface area contributed by atoms with Crippen molar-refractivity contribution >= 4 is 27.6 Å². The van der Waals surface area contributed by atoms with Crippen molar-refractivity contribution in [3.63, 3.8) is 0 Å². The van der Waals surface area contributed by atoms with Gasteiger partial charge in [-0.2, -0.15) is 9.97 Å². The van der Waals surface area contributed by atoms with Crippen LogP contribution in [0.15, 0.2) is 42.6 Å². The van der Waals surface area contributed by atoms with Crippen molar-refractivity contribution in [2.24, 2.45) is 5.41 Å². The first kappa shape index (κ1) is 26.6. The summed E-state index contributed by atoms with van der Waals surface area (Å²) in [5.41, 5.74) is 4.05. The lowest BCUT2D eigenvalue weighted by Crippen LogP contribution is -2.51. The van der Waals surface area contributed by atoms with Crippen molar-refractivity contribution in [1.82, 2.24) is 25.2 Å². The molecule has 3 aliphatic heterocycles. The lowest BCUT2D eigenvalue weighted by atomic mass is 9.95. The monoisotopic (exact) mass is 576 g/mol.